The summed E-state index contributed by atoms with van der Waals surface area (Å²) in [5.41, 5.74) is 0.847. The maximum absolute atomic E-state index is 12.3. The Morgan fingerprint density at radius 3 is 2.76 bits per heavy atom. The minimum atomic E-state index is -0.612. The molecule has 2 rings (SSSR count). The third-order valence-corrected chi connectivity index (χ3v) is 3.49. The van der Waals surface area contributed by atoms with Gasteiger partial charge in [0.05, 0.1) is 20.3 Å². The molecule has 1 aliphatic rings. The molecule has 1 unspecified atom stereocenters. The Hall–Kier alpha value is -1.92. The summed E-state index contributed by atoms with van der Waals surface area (Å²) in [5.74, 6) is -0.421. The van der Waals surface area contributed by atoms with Gasteiger partial charge in [-0.25, -0.2) is 4.79 Å². The normalized spacial score (nSPS) is 19.0. The van der Waals surface area contributed by atoms with Crippen molar-refractivity contribution in [2.24, 2.45) is 0 Å². The van der Waals surface area contributed by atoms with Crippen molar-refractivity contribution in [2.45, 2.75) is 6.10 Å². The number of hydrogen-bond acceptors (Lipinski definition) is 5. The maximum atomic E-state index is 12.3. The number of ether oxygens (including phenoxy) is 2. The average molecular weight is 292 g/mol. The van der Waals surface area contributed by atoms with Crippen molar-refractivity contribution in [1.82, 2.24) is 4.90 Å². The van der Waals surface area contributed by atoms with Crippen LogP contribution in [-0.2, 0) is 19.1 Å². The van der Waals surface area contributed by atoms with Gasteiger partial charge < -0.3 is 14.4 Å². The number of esters is 1. The van der Waals surface area contributed by atoms with Gasteiger partial charge in [0.2, 0.25) is 5.91 Å². The van der Waals surface area contributed by atoms with E-state index in [1.54, 1.807) is 11.9 Å². The number of nitrogens with zero attached hydrogens (tertiary/aromatic N) is 2. The standard InChI is InChI=1S/C15H20N2O4/c1-16(12-6-4-3-5-7-12)14(18)11-17-8-9-21-13(10-17)15(19)20-2/h3-7,13H,8-11H2,1-2H3. The Balaban J connectivity index is 1.91. The van der Waals surface area contributed by atoms with Crippen LogP contribution in [0.15, 0.2) is 30.3 Å². The van der Waals surface area contributed by atoms with Crippen molar-refractivity contribution < 1.29 is 19.1 Å². The van der Waals surface area contributed by atoms with Gasteiger partial charge in [-0.3, -0.25) is 9.69 Å². The Kier molecular flexibility index (Phi) is 5.30. The first kappa shape index (κ1) is 15.5. The minimum Gasteiger partial charge on any atom is -0.467 e. The quantitative estimate of drug-likeness (QED) is 0.757. The molecule has 1 aliphatic heterocycles. The molecule has 0 aliphatic carbocycles. The zero-order chi connectivity index (χ0) is 15.2. The number of rotatable bonds is 4. The number of amides is 1. The van der Waals surface area contributed by atoms with Crippen LogP contribution in [0.2, 0.25) is 0 Å². The van der Waals surface area contributed by atoms with Crippen molar-refractivity contribution in [3.05, 3.63) is 30.3 Å². The van der Waals surface area contributed by atoms with E-state index in [4.69, 9.17) is 4.74 Å². The van der Waals surface area contributed by atoms with Crippen molar-refractivity contribution in [3.63, 3.8) is 0 Å². The number of carbonyl (C=O) groups is 2. The van der Waals surface area contributed by atoms with Gasteiger partial charge in [0.25, 0.3) is 0 Å². The smallest absolute Gasteiger partial charge is 0.336 e. The number of para-hydroxylation sites is 1. The lowest BCUT2D eigenvalue weighted by Gasteiger charge is -2.32. The maximum Gasteiger partial charge on any atom is 0.336 e. The Morgan fingerprint density at radius 2 is 2.10 bits per heavy atom. The van der Waals surface area contributed by atoms with E-state index < -0.39 is 12.1 Å². The number of methoxy groups -OCH3 is 1. The lowest BCUT2D eigenvalue weighted by atomic mass is 10.2. The molecule has 0 aromatic heterocycles. The van der Waals surface area contributed by atoms with E-state index >= 15 is 0 Å². The van der Waals surface area contributed by atoms with Gasteiger partial charge in [0, 0.05) is 25.8 Å². The topological polar surface area (TPSA) is 59.1 Å². The summed E-state index contributed by atoms with van der Waals surface area (Å²) in [6, 6.07) is 9.45. The summed E-state index contributed by atoms with van der Waals surface area (Å²) in [6.45, 7) is 1.67. The van der Waals surface area contributed by atoms with Gasteiger partial charge in [-0.1, -0.05) is 18.2 Å². The molecule has 0 spiro atoms. The molecular weight excluding hydrogens is 272 g/mol. The third kappa shape index (κ3) is 4.03. The molecule has 114 valence electrons. The van der Waals surface area contributed by atoms with Crippen molar-refractivity contribution >= 4 is 17.6 Å². The van der Waals surface area contributed by atoms with Crippen molar-refractivity contribution in [1.29, 1.82) is 0 Å². The molecule has 1 fully saturated rings. The van der Waals surface area contributed by atoms with E-state index in [2.05, 4.69) is 4.74 Å². The number of benzene rings is 1. The van der Waals surface area contributed by atoms with E-state index in [0.717, 1.165) is 5.69 Å². The molecular formula is C15H20N2O4. The molecule has 0 radical (unpaired) electrons. The van der Waals surface area contributed by atoms with Crippen LogP contribution in [0.4, 0.5) is 5.69 Å². The molecule has 1 heterocycles. The number of likely N-dealkylation sites (N-methyl/N-ethyl adjacent to an activating group) is 1. The van der Waals surface area contributed by atoms with E-state index in [1.807, 2.05) is 35.2 Å². The Bertz CT molecular complexity index is 492. The largest absolute Gasteiger partial charge is 0.467 e. The van der Waals surface area contributed by atoms with Gasteiger partial charge in [-0.2, -0.15) is 0 Å². The monoisotopic (exact) mass is 292 g/mol. The fourth-order valence-electron chi connectivity index (χ4n) is 2.21. The highest BCUT2D eigenvalue weighted by atomic mass is 16.6. The first-order valence-electron chi connectivity index (χ1n) is 6.85. The molecule has 21 heavy (non-hydrogen) atoms. The van der Waals surface area contributed by atoms with Crippen molar-refractivity contribution in [3.8, 4) is 0 Å². The van der Waals surface area contributed by atoms with E-state index in [1.165, 1.54) is 7.11 Å². The molecule has 6 heteroatoms. The van der Waals surface area contributed by atoms with Crippen LogP contribution in [0.1, 0.15) is 0 Å². The van der Waals surface area contributed by atoms with Gasteiger partial charge in [0.15, 0.2) is 6.10 Å². The number of hydrogen-bond donors (Lipinski definition) is 0. The van der Waals surface area contributed by atoms with Crippen LogP contribution in [0.3, 0.4) is 0 Å². The predicted octanol–water partition coefficient (Wildman–Crippen LogP) is 0.523. The van der Waals surface area contributed by atoms with Crippen LogP contribution in [-0.4, -0.2) is 63.3 Å². The van der Waals surface area contributed by atoms with Crippen molar-refractivity contribution in [2.75, 3.05) is 45.3 Å². The van der Waals surface area contributed by atoms with Gasteiger partial charge in [-0.15, -0.1) is 0 Å². The average Bonchev–Trinajstić information content (AvgIpc) is 2.54. The van der Waals surface area contributed by atoms with Gasteiger partial charge in [0.1, 0.15) is 0 Å². The summed E-state index contributed by atoms with van der Waals surface area (Å²) < 4.78 is 10.0. The molecule has 0 saturated carbocycles. The van der Waals surface area contributed by atoms with Crippen LogP contribution in [0, 0.1) is 0 Å². The first-order chi connectivity index (χ1) is 10.1. The summed E-state index contributed by atoms with van der Waals surface area (Å²) in [5, 5.41) is 0. The molecule has 1 aromatic carbocycles. The Morgan fingerprint density at radius 1 is 1.38 bits per heavy atom. The summed E-state index contributed by atoms with van der Waals surface area (Å²) >= 11 is 0. The summed E-state index contributed by atoms with van der Waals surface area (Å²) in [6.07, 6.45) is -0.612. The van der Waals surface area contributed by atoms with Gasteiger partial charge in [-0.05, 0) is 12.1 Å². The van der Waals surface area contributed by atoms with E-state index in [9.17, 15) is 9.59 Å². The van der Waals surface area contributed by atoms with Crippen LogP contribution < -0.4 is 4.90 Å². The SMILES string of the molecule is COC(=O)C1CN(CC(=O)N(C)c2ccccc2)CCO1. The summed E-state index contributed by atoms with van der Waals surface area (Å²) in [4.78, 5) is 27.3. The van der Waals surface area contributed by atoms with Crippen LogP contribution >= 0.6 is 0 Å². The fourth-order valence-corrected chi connectivity index (χ4v) is 2.21. The minimum absolute atomic E-state index is 0.0216. The first-order valence-corrected chi connectivity index (χ1v) is 6.85. The van der Waals surface area contributed by atoms with E-state index in [0.29, 0.717) is 19.7 Å². The summed E-state index contributed by atoms with van der Waals surface area (Å²) in [7, 11) is 3.08. The highest BCUT2D eigenvalue weighted by Gasteiger charge is 2.28. The lowest BCUT2D eigenvalue weighted by Crippen LogP contribution is -2.49. The zero-order valence-electron chi connectivity index (χ0n) is 12.3. The zero-order valence-corrected chi connectivity index (χ0v) is 12.3. The second-order valence-corrected chi connectivity index (χ2v) is 4.91. The molecule has 1 atom stereocenters. The van der Waals surface area contributed by atoms with E-state index in [-0.39, 0.29) is 12.5 Å². The lowest BCUT2D eigenvalue weighted by molar-refractivity contribution is -0.160. The predicted molar refractivity (Wildman–Crippen MR) is 78.0 cm³/mol. The molecule has 1 aromatic rings. The van der Waals surface area contributed by atoms with Gasteiger partial charge >= 0.3 is 5.97 Å². The molecule has 6 nitrogen and oxygen atoms in total. The second kappa shape index (κ2) is 7.19. The Labute approximate surface area is 124 Å². The molecule has 0 bridgehead atoms. The number of carbonyl (C=O) groups excluding carboxylic acids is 2. The number of morpholine rings is 1. The third-order valence-electron chi connectivity index (χ3n) is 3.49. The number of anilines is 1. The second-order valence-electron chi connectivity index (χ2n) is 4.91. The fraction of sp³-hybridized carbons (Fsp3) is 0.467. The highest BCUT2D eigenvalue weighted by Crippen LogP contribution is 2.12. The molecule has 1 saturated heterocycles. The van der Waals surface area contributed by atoms with Crippen LogP contribution in [0.5, 0.6) is 0 Å². The molecule has 0 N–H and O–H groups in total. The highest BCUT2D eigenvalue weighted by molar-refractivity contribution is 5.94. The molecule has 1 amide bonds. The van der Waals surface area contributed by atoms with Crippen LogP contribution in [0.25, 0.3) is 0 Å².